The van der Waals surface area contributed by atoms with Gasteiger partial charge in [0.25, 0.3) is 0 Å². The SMILES string of the molecule is Cc1cccc(-n2cc(-c3cc(F)ccc3F)c(CC(N)=O)n2)n1. The van der Waals surface area contributed by atoms with Gasteiger partial charge in [0.2, 0.25) is 5.91 Å². The zero-order valence-electron chi connectivity index (χ0n) is 12.8. The number of pyridine rings is 1. The van der Waals surface area contributed by atoms with Crippen LogP contribution in [0.5, 0.6) is 0 Å². The number of aryl methyl sites for hydroxylation is 1. The molecule has 5 nitrogen and oxygen atoms in total. The second-order valence-electron chi connectivity index (χ2n) is 5.34. The van der Waals surface area contributed by atoms with Crippen molar-refractivity contribution < 1.29 is 13.6 Å². The minimum atomic E-state index is -0.615. The molecule has 3 rings (SSSR count). The predicted molar refractivity (Wildman–Crippen MR) is 84.3 cm³/mol. The fourth-order valence-electron chi connectivity index (χ4n) is 2.41. The fourth-order valence-corrected chi connectivity index (χ4v) is 2.41. The normalized spacial score (nSPS) is 10.8. The van der Waals surface area contributed by atoms with Crippen LogP contribution in [0.2, 0.25) is 0 Å². The van der Waals surface area contributed by atoms with Crippen LogP contribution >= 0.6 is 0 Å². The van der Waals surface area contributed by atoms with Gasteiger partial charge < -0.3 is 5.73 Å². The molecule has 3 aromatic rings. The van der Waals surface area contributed by atoms with Crippen molar-refractivity contribution in [1.29, 1.82) is 0 Å². The molecule has 0 spiro atoms. The van der Waals surface area contributed by atoms with E-state index in [1.807, 2.05) is 13.0 Å². The molecule has 0 aliphatic heterocycles. The Bertz CT molecular complexity index is 921. The van der Waals surface area contributed by atoms with E-state index in [1.165, 1.54) is 10.9 Å². The summed E-state index contributed by atoms with van der Waals surface area (Å²) in [5.41, 5.74) is 6.59. The van der Waals surface area contributed by atoms with Crippen LogP contribution in [-0.4, -0.2) is 20.7 Å². The topological polar surface area (TPSA) is 73.8 Å². The lowest BCUT2D eigenvalue weighted by atomic mass is 10.0. The Morgan fingerprint density at radius 3 is 2.71 bits per heavy atom. The molecular formula is C17H14F2N4O. The minimum Gasteiger partial charge on any atom is -0.369 e. The number of halogens is 2. The highest BCUT2D eigenvalue weighted by molar-refractivity contribution is 5.79. The summed E-state index contributed by atoms with van der Waals surface area (Å²) in [5.74, 6) is -1.31. The first-order valence-electron chi connectivity index (χ1n) is 7.20. The molecule has 1 aromatic carbocycles. The Hall–Kier alpha value is -3.09. The van der Waals surface area contributed by atoms with Crippen molar-refractivity contribution >= 4 is 5.91 Å². The Morgan fingerprint density at radius 2 is 2.00 bits per heavy atom. The monoisotopic (exact) mass is 328 g/mol. The number of hydrogen-bond acceptors (Lipinski definition) is 3. The standard InChI is InChI=1S/C17H14F2N4O/c1-10-3-2-4-17(21-10)23-9-13(15(22-23)8-16(20)24)12-7-11(18)5-6-14(12)19/h2-7,9H,8H2,1H3,(H2,20,24). The molecule has 0 fully saturated rings. The van der Waals surface area contributed by atoms with Crippen LogP contribution in [0.4, 0.5) is 8.78 Å². The van der Waals surface area contributed by atoms with Gasteiger partial charge in [-0.1, -0.05) is 6.07 Å². The number of rotatable bonds is 4. The van der Waals surface area contributed by atoms with Crippen molar-refractivity contribution in [2.75, 3.05) is 0 Å². The number of carbonyl (C=O) groups is 1. The van der Waals surface area contributed by atoms with Gasteiger partial charge in [-0.3, -0.25) is 4.79 Å². The number of nitrogens with zero attached hydrogens (tertiary/aromatic N) is 3. The van der Waals surface area contributed by atoms with E-state index >= 15 is 0 Å². The summed E-state index contributed by atoms with van der Waals surface area (Å²) in [7, 11) is 0. The van der Waals surface area contributed by atoms with E-state index in [0.717, 1.165) is 23.9 Å². The zero-order chi connectivity index (χ0) is 17.3. The van der Waals surface area contributed by atoms with Crippen LogP contribution in [0.15, 0.2) is 42.6 Å². The predicted octanol–water partition coefficient (Wildman–Crippen LogP) is 2.55. The summed E-state index contributed by atoms with van der Waals surface area (Å²) in [4.78, 5) is 15.6. The van der Waals surface area contributed by atoms with Crippen molar-refractivity contribution in [3.05, 3.63) is 65.6 Å². The maximum absolute atomic E-state index is 14.1. The molecular weight excluding hydrogens is 314 g/mol. The van der Waals surface area contributed by atoms with E-state index < -0.39 is 17.5 Å². The second-order valence-corrected chi connectivity index (χ2v) is 5.34. The van der Waals surface area contributed by atoms with Gasteiger partial charge in [-0.2, -0.15) is 5.10 Å². The molecule has 0 aliphatic carbocycles. The van der Waals surface area contributed by atoms with Crippen LogP contribution in [-0.2, 0) is 11.2 Å². The highest BCUT2D eigenvalue weighted by Gasteiger charge is 2.18. The minimum absolute atomic E-state index is 0.0187. The fraction of sp³-hybridized carbons (Fsp3) is 0.118. The first-order valence-corrected chi connectivity index (χ1v) is 7.20. The Morgan fingerprint density at radius 1 is 1.21 bits per heavy atom. The second kappa shape index (κ2) is 6.19. The van der Waals surface area contributed by atoms with Gasteiger partial charge in [-0.05, 0) is 37.3 Å². The van der Waals surface area contributed by atoms with Gasteiger partial charge in [0.1, 0.15) is 11.6 Å². The van der Waals surface area contributed by atoms with Crippen LogP contribution in [0.3, 0.4) is 0 Å². The summed E-state index contributed by atoms with van der Waals surface area (Å²) < 4.78 is 29.0. The molecule has 0 saturated carbocycles. The lowest BCUT2D eigenvalue weighted by Crippen LogP contribution is -2.15. The molecule has 122 valence electrons. The number of carbonyl (C=O) groups excluding carboxylic acids is 1. The van der Waals surface area contributed by atoms with Gasteiger partial charge in [0.05, 0.1) is 12.1 Å². The third kappa shape index (κ3) is 3.15. The van der Waals surface area contributed by atoms with E-state index in [1.54, 1.807) is 12.1 Å². The molecule has 7 heteroatoms. The molecule has 0 aliphatic rings. The third-order valence-electron chi connectivity index (χ3n) is 3.46. The van der Waals surface area contributed by atoms with E-state index in [-0.39, 0.29) is 17.7 Å². The molecule has 2 N–H and O–H groups in total. The summed E-state index contributed by atoms with van der Waals surface area (Å²) in [6.45, 7) is 1.82. The number of hydrogen-bond donors (Lipinski definition) is 1. The lowest BCUT2D eigenvalue weighted by molar-refractivity contribution is -0.117. The van der Waals surface area contributed by atoms with E-state index in [2.05, 4.69) is 10.1 Å². The number of nitrogens with two attached hydrogens (primary N) is 1. The zero-order valence-corrected chi connectivity index (χ0v) is 12.8. The van der Waals surface area contributed by atoms with Crippen molar-refractivity contribution in [2.24, 2.45) is 5.73 Å². The summed E-state index contributed by atoms with van der Waals surface area (Å²) in [5, 5.41) is 4.27. The molecule has 0 atom stereocenters. The third-order valence-corrected chi connectivity index (χ3v) is 3.46. The molecule has 0 unspecified atom stereocenters. The van der Waals surface area contributed by atoms with Gasteiger partial charge in [0.15, 0.2) is 5.82 Å². The van der Waals surface area contributed by atoms with Crippen molar-refractivity contribution in [3.8, 4) is 16.9 Å². The molecule has 0 bridgehead atoms. The van der Waals surface area contributed by atoms with Crippen molar-refractivity contribution in [3.63, 3.8) is 0 Å². The highest BCUT2D eigenvalue weighted by Crippen LogP contribution is 2.28. The number of benzene rings is 1. The summed E-state index contributed by atoms with van der Waals surface area (Å²) in [6.07, 6.45) is 1.32. The average Bonchev–Trinajstić information content (AvgIpc) is 2.92. The first-order chi connectivity index (χ1) is 11.4. The molecule has 0 radical (unpaired) electrons. The Kier molecular flexibility index (Phi) is 4.07. The largest absolute Gasteiger partial charge is 0.369 e. The maximum Gasteiger partial charge on any atom is 0.223 e. The first kappa shape index (κ1) is 15.8. The maximum atomic E-state index is 14.1. The van der Waals surface area contributed by atoms with E-state index in [9.17, 15) is 13.6 Å². The Labute approximate surface area is 136 Å². The van der Waals surface area contributed by atoms with E-state index in [0.29, 0.717) is 11.4 Å². The van der Waals surface area contributed by atoms with Gasteiger partial charge >= 0.3 is 0 Å². The average molecular weight is 328 g/mol. The van der Waals surface area contributed by atoms with E-state index in [4.69, 9.17) is 5.73 Å². The Balaban J connectivity index is 2.17. The number of aromatic nitrogens is 3. The number of primary amides is 1. The summed E-state index contributed by atoms with van der Waals surface area (Å²) >= 11 is 0. The molecule has 2 heterocycles. The van der Waals surface area contributed by atoms with Gasteiger partial charge in [-0.15, -0.1) is 0 Å². The van der Waals surface area contributed by atoms with Gasteiger partial charge in [-0.25, -0.2) is 18.4 Å². The molecule has 2 aromatic heterocycles. The lowest BCUT2D eigenvalue weighted by Gasteiger charge is -2.03. The van der Waals surface area contributed by atoms with Crippen molar-refractivity contribution in [2.45, 2.75) is 13.3 Å². The van der Waals surface area contributed by atoms with Crippen molar-refractivity contribution in [1.82, 2.24) is 14.8 Å². The quantitative estimate of drug-likeness (QED) is 0.800. The summed E-state index contributed by atoms with van der Waals surface area (Å²) in [6, 6.07) is 8.46. The van der Waals surface area contributed by atoms with Crippen LogP contribution < -0.4 is 5.73 Å². The molecule has 1 amide bonds. The smallest absolute Gasteiger partial charge is 0.223 e. The van der Waals surface area contributed by atoms with Crippen LogP contribution in [0.1, 0.15) is 11.4 Å². The van der Waals surface area contributed by atoms with Crippen LogP contribution in [0.25, 0.3) is 16.9 Å². The molecule has 24 heavy (non-hydrogen) atoms. The highest BCUT2D eigenvalue weighted by atomic mass is 19.1. The van der Waals surface area contributed by atoms with Gasteiger partial charge in [0, 0.05) is 23.0 Å². The number of amides is 1. The van der Waals surface area contributed by atoms with Crippen LogP contribution in [0, 0.1) is 18.6 Å². The molecule has 0 saturated heterocycles.